The maximum atomic E-state index is 14.1. The first-order valence-corrected chi connectivity index (χ1v) is 13.2. The van der Waals surface area contributed by atoms with Crippen molar-refractivity contribution < 1.29 is 18.3 Å². The number of anilines is 2. The first kappa shape index (κ1) is 25.8. The SMILES string of the molecule is COCCN[C@H]1CC[C@H](CNc2cc(-n3c(C(F)F)nc4ccccc43)cc(N3CCOCC3)n2)CC1. The number of methoxy groups -OCH3 is 1. The number of halogens is 2. The van der Waals surface area contributed by atoms with Crippen LogP contribution in [0.25, 0.3) is 16.7 Å². The van der Waals surface area contributed by atoms with Gasteiger partial charge in [0, 0.05) is 51.5 Å². The number of fused-ring (bicyclic) bond motifs is 1. The second-order valence-electron chi connectivity index (χ2n) is 9.81. The smallest absolute Gasteiger partial charge is 0.295 e. The van der Waals surface area contributed by atoms with E-state index < -0.39 is 6.43 Å². The molecular formula is C27H36F2N6O2. The van der Waals surface area contributed by atoms with E-state index in [9.17, 15) is 8.78 Å². The fraction of sp³-hybridized carbons (Fsp3) is 0.556. The molecular weight excluding hydrogens is 478 g/mol. The highest BCUT2D eigenvalue weighted by molar-refractivity contribution is 5.79. The Hall–Kier alpha value is -2.82. The van der Waals surface area contributed by atoms with Crippen molar-refractivity contribution >= 4 is 22.7 Å². The van der Waals surface area contributed by atoms with Crippen LogP contribution in [0.1, 0.15) is 37.9 Å². The largest absolute Gasteiger partial charge is 0.383 e. The number of rotatable bonds is 10. The van der Waals surface area contributed by atoms with Gasteiger partial charge in [0.25, 0.3) is 6.43 Å². The van der Waals surface area contributed by atoms with Gasteiger partial charge in [-0.2, -0.15) is 0 Å². The summed E-state index contributed by atoms with van der Waals surface area (Å²) < 4.78 is 40.4. The summed E-state index contributed by atoms with van der Waals surface area (Å²) in [7, 11) is 1.72. The Morgan fingerprint density at radius 3 is 2.62 bits per heavy atom. The second-order valence-corrected chi connectivity index (χ2v) is 9.81. The van der Waals surface area contributed by atoms with E-state index >= 15 is 0 Å². The number of nitrogens with one attached hydrogen (secondary N) is 2. The van der Waals surface area contributed by atoms with Crippen LogP contribution in [-0.4, -0.2) is 73.7 Å². The van der Waals surface area contributed by atoms with Crippen LogP contribution < -0.4 is 15.5 Å². The molecule has 2 aliphatic rings. The van der Waals surface area contributed by atoms with E-state index in [-0.39, 0.29) is 5.82 Å². The van der Waals surface area contributed by atoms with Gasteiger partial charge in [-0.15, -0.1) is 0 Å². The highest BCUT2D eigenvalue weighted by Crippen LogP contribution is 2.31. The van der Waals surface area contributed by atoms with Crippen LogP contribution in [0.2, 0.25) is 0 Å². The van der Waals surface area contributed by atoms with Crippen molar-refractivity contribution in [2.75, 3.05) is 63.3 Å². The average Bonchev–Trinajstić information content (AvgIpc) is 3.33. The Bertz CT molecular complexity index is 1160. The zero-order valence-corrected chi connectivity index (χ0v) is 21.3. The molecule has 3 heterocycles. The molecule has 2 aromatic heterocycles. The molecule has 2 fully saturated rings. The number of nitrogens with zero attached hydrogens (tertiary/aromatic N) is 4. The Labute approximate surface area is 216 Å². The Morgan fingerprint density at radius 1 is 1.08 bits per heavy atom. The number of ether oxygens (including phenoxy) is 2. The molecule has 3 aromatic rings. The first-order valence-electron chi connectivity index (χ1n) is 13.2. The van der Waals surface area contributed by atoms with Crippen LogP contribution in [0.4, 0.5) is 20.4 Å². The molecule has 1 aliphatic carbocycles. The lowest BCUT2D eigenvalue weighted by Crippen LogP contribution is -2.37. The zero-order valence-electron chi connectivity index (χ0n) is 21.3. The molecule has 0 atom stereocenters. The number of imidazole rings is 1. The molecule has 200 valence electrons. The van der Waals surface area contributed by atoms with Gasteiger partial charge in [0.2, 0.25) is 0 Å². The van der Waals surface area contributed by atoms with Crippen LogP contribution in [0.3, 0.4) is 0 Å². The Kier molecular flexibility index (Phi) is 8.48. The van der Waals surface area contributed by atoms with Crippen LogP contribution in [0, 0.1) is 5.92 Å². The predicted octanol–water partition coefficient (Wildman–Crippen LogP) is 4.40. The number of hydrogen-bond donors (Lipinski definition) is 2. The molecule has 8 nitrogen and oxygen atoms in total. The van der Waals surface area contributed by atoms with E-state index in [1.54, 1.807) is 17.7 Å². The molecule has 0 bridgehead atoms. The minimum Gasteiger partial charge on any atom is -0.383 e. The van der Waals surface area contributed by atoms with Crippen molar-refractivity contribution in [1.29, 1.82) is 0 Å². The molecule has 5 rings (SSSR count). The van der Waals surface area contributed by atoms with E-state index in [0.29, 0.717) is 60.8 Å². The summed E-state index contributed by atoms with van der Waals surface area (Å²) in [6.45, 7) is 5.07. The summed E-state index contributed by atoms with van der Waals surface area (Å²) in [4.78, 5) is 11.3. The number of hydrogen-bond acceptors (Lipinski definition) is 7. The maximum Gasteiger partial charge on any atom is 0.295 e. The summed E-state index contributed by atoms with van der Waals surface area (Å²) >= 11 is 0. The molecule has 37 heavy (non-hydrogen) atoms. The van der Waals surface area contributed by atoms with Crippen molar-refractivity contribution in [3.63, 3.8) is 0 Å². The van der Waals surface area contributed by atoms with E-state index in [4.69, 9.17) is 14.5 Å². The van der Waals surface area contributed by atoms with Gasteiger partial charge >= 0.3 is 0 Å². The van der Waals surface area contributed by atoms with Crippen molar-refractivity contribution in [3.8, 4) is 5.69 Å². The minimum atomic E-state index is -2.70. The third-order valence-corrected chi connectivity index (χ3v) is 7.33. The van der Waals surface area contributed by atoms with Gasteiger partial charge in [-0.3, -0.25) is 4.57 Å². The van der Waals surface area contributed by atoms with Crippen molar-refractivity contribution in [1.82, 2.24) is 19.9 Å². The molecule has 0 unspecified atom stereocenters. The van der Waals surface area contributed by atoms with Crippen LogP contribution in [0.15, 0.2) is 36.4 Å². The highest BCUT2D eigenvalue weighted by Gasteiger charge is 2.24. The molecule has 1 saturated heterocycles. The Balaban J connectivity index is 1.38. The first-order chi connectivity index (χ1) is 18.1. The molecule has 0 amide bonds. The van der Waals surface area contributed by atoms with Gasteiger partial charge in [-0.25, -0.2) is 18.7 Å². The molecule has 2 N–H and O–H groups in total. The highest BCUT2D eigenvalue weighted by atomic mass is 19.3. The van der Waals surface area contributed by atoms with Gasteiger partial charge in [-0.1, -0.05) is 12.1 Å². The topological polar surface area (TPSA) is 76.5 Å². The van der Waals surface area contributed by atoms with Crippen LogP contribution in [0.5, 0.6) is 0 Å². The number of morpholine rings is 1. The summed E-state index contributed by atoms with van der Waals surface area (Å²) in [5, 5.41) is 7.10. The molecule has 0 spiro atoms. The lowest BCUT2D eigenvalue weighted by atomic mass is 9.86. The maximum absolute atomic E-state index is 14.1. The fourth-order valence-corrected chi connectivity index (χ4v) is 5.32. The quantitative estimate of drug-likeness (QED) is 0.389. The third kappa shape index (κ3) is 6.19. The number of para-hydroxylation sites is 2. The molecule has 1 saturated carbocycles. The van der Waals surface area contributed by atoms with Gasteiger partial charge in [0.05, 0.1) is 36.5 Å². The van der Waals surface area contributed by atoms with Crippen molar-refractivity contribution in [3.05, 3.63) is 42.2 Å². The molecule has 10 heteroatoms. The third-order valence-electron chi connectivity index (χ3n) is 7.33. The van der Waals surface area contributed by atoms with Crippen molar-refractivity contribution in [2.24, 2.45) is 5.92 Å². The summed E-state index contributed by atoms with van der Waals surface area (Å²) in [5.41, 5.74) is 1.84. The molecule has 1 aliphatic heterocycles. The molecule has 1 aromatic carbocycles. The summed E-state index contributed by atoms with van der Waals surface area (Å²) in [6, 6.07) is 11.5. The lowest BCUT2D eigenvalue weighted by molar-refractivity contribution is 0.122. The van der Waals surface area contributed by atoms with Crippen molar-refractivity contribution in [2.45, 2.75) is 38.2 Å². The van der Waals surface area contributed by atoms with Gasteiger partial charge in [0.1, 0.15) is 11.6 Å². The average molecular weight is 515 g/mol. The zero-order chi connectivity index (χ0) is 25.6. The summed E-state index contributed by atoms with van der Waals surface area (Å²) in [5.74, 6) is 1.73. The number of benzene rings is 1. The lowest BCUT2D eigenvalue weighted by Gasteiger charge is -2.30. The monoisotopic (exact) mass is 514 g/mol. The van der Waals surface area contributed by atoms with E-state index in [2.05, 4.69) is 20.5 Å². The van der Waals surface area contributed by atoms with Gasteiger partial charge < -0.3 is 25.0 Å². The number of alkyl halides is 2. The van der Waals surface area contributed by atoms with Gasteiger partial charge in [0.15, 0.2) is 5.82 Å². The minimum absolute atomic E-state index is 0.259. The standard InChI is InChI=1S/C27H36F2N6O2/c1-36-13-10-30-20-8-6-19(7-9-20)18-31-24-16-21(17-25(33-24)34-11-14-37-15-12-34)35-23-5-3-2-4-22(23)32-27(35)26(28)29/h2-5,16-17,19-20,26,30H,6-15,18H2,1H3,(H,31,33)/t19-,20-. The molecule has 0 radical (unpaired) electrons. The van der Waals surface area contributed by atoms with Crippen LogP contribution in [-0.2, 0) is 9.47 Å². The predicted molar refractivity (Wildman–Crippen MR) is 141 cm³/mol. The van der Waals surface area contributed by atoms with Gasteiger partial charge in [-0.05, 0) is 43.7 Å². The van der Waals surface area contributed by atoms with E-state index in [1.165, 1.54) is 0 Å². The van der Waals surface area contributed by atoms with E-state index in [0.717, 1.165) is 51.2 Å². The normalized spacial score (nSPS) is 20.6. The van der Waals surface area contributed by atoms with Crippen LogP contribution >= 0.6 is 0 Å². The summed E-state index contributed by atoms with van der Waals surface area (Å²) in [6.07, 6.45) is 1.85. The number of pyridine rings is 1. The fourth-order valence-electron chi connectivity index (χ4n) is 5.32. The number of aromatic nitrogens is 3. The van der Waals surface area contributed by atoms with E-state index in [1.807, 2.05) is 30.3 Å². The Morgan fingerprint density at radius 2 is 1.86 bits per heavy atom. The second kappa shape index (κ2) is 12.1.